The van der Waals surface area contributed by atoms with E-state index in [2.05, 4.69) is 0 Å². The van der Waals surface area contributed by atoms with Gasteiger partial charge in [-0.1, -0.05) is 30.1 Å². The fourth-order valence-electron chi connectivity index (χ4n) is 4.20. The van der Waals surface area contributed by atoms with E-state index in [9.17, 15) is 14.4 Å². The number of benzene rings is 1. The molecule has 0 aromatic heterocycles. The van der Waals surface area contributed by atoms with Crippen LogP contribution in [0, 0.1) is 11.3 Å². The van der Waals surface area contributed by atoms with Crippen molar-refractivity contribution in [2.75, 3.05) is 6.61 Å². The summed E-state index contributed by atoms with van der Waals surface area (Å²) < 4.78 is 5.25. The Morgan fingerprint density at radius 3 is 2.50 bits per heavy atom. The zero-order valence-corrected chi connectivity index (χ0v) is 16.1. The summed E-state index contributed by atoms with van der Waals surface area (Å²) in [5, 5.41) is 8.97. The molecule has 5 nitrogen and oxygen atoms in total. The molecule has 0 bridgehead atoms. The highest BCUT2D eigenvalue weighted by atomic mass is 35.5. The minimum absolute atomic E-state index is 0.0466. The number of hydrogen-bond donors (Lipinski definition) is 1. The van der Waals surface area contributed by atoms with Gasteiger partial charge < -0.3 is 14.6 Å². The van der Waals surface area contributed by atoms with Gasteiger partial charge in [-0.05, 0) is 49.7 Å². The molecule has 140 valence electrons. The third-order valence-corrected chi connectivity index (χ3v) is 6.49. The minimum atomic E-state index is -1.13. The second kappa shape index (κ2) is 6.86. The summed E-state index contributed by atoms with van der Waals surface area (Å²) in [7, 11) is 0. The molecule has 1 saturated carbocycles. The molecule has 1 N–H and O–H groups in total. The summed E-state index contributed by atoms with van der Waals surface area (Å²) in [6, 6.07) is 1.63. The van der Waals surface area contributed by atoms with Crippen LogP contribution in [0.2, 0.25) is 10.0 Å². The van der Waals surface area contributed by atoms with Crippen molar-refractivity contribution in [1.29, 1.82) is 0 Å². The van der Waals surface area contributed by atoms with Gasteiger partial charge in [-0.15, -0.1) is 0 Å². The first kappa shape index (κ1) is 19.2. The molecule has 2 aliphatic carbocycles. The maximum absolute atomic E-state index is 13.4. The molecule has 26 heavy (non-hydrogen) atoms. The van der Waals surface area contributed by atoms with E-state index in [0.29, 0.717) is 18.4 Å². The summed E-state index contributed by atoms with van der Waals surface area (Å²) in [4.78, 5) is 35.7. The van der Waals surface area contributed by atoms with Gasteiger partial charge in [0.15, 0.2) is 12.4 Å². The molecule has 2 unspecified atom stereocenters. The first-order valence-corrected chi connectivity index (χ1v) is 9.36. The monoisotopic (exact) mass is 398 g/mol. The molecule has 0 heterocycles. The maximum atomic E-state index is 13.4. The van der Waals surface area contributed by atoms with Gasteiger partial charge in [0, 0.05) is 17.4 Å². The molecule has 3 rings (SSSR count). The lowest BCUT2D eigenvalue weighted by Crippen LogP contribution is -2.33. The highest BCUT2D eigenvalue weighted by Gasteiger charge is 2.59. The Labute approximate surface area is 161 Å². The second-order valence-corrected chi connectivity index (χ2v) is 7.97. The zero-order chi connectivity index (χ0) is 19.2. The lowest BCUT2D eigenvalue weighted by Gasteiger charge is -2.32. The van der Waals surface area contributed by atoms with Crippen LogP contribution in [0.15, 0.2) is 6.07 Å². The lowest BCUT2D eigenvalue weighted by molar-refractivity contribution is -0.139. The Balaban J connectivity index is 2.06. The van der Waals surface area contributed by atoms with Gasteiger partial charge in [0.1, 0.15) is 16.6 Å². The van der Waals surface area contributed by atoms with E-state index < -0.39 is 18.0 Å². The summed E-state index contributed by atoms with van der Waals surface area (Å²) in [6.45, 7) is 2.95. The van der Waals surface area contributed by atoms with Crippen LogP contribution in [-0.4, -0.2) is 29.2 Å². The number of rotatable bonds is 7. The SMILES string of the molecule is CC(=O)CCC1(C2CC2)C(=O)c2c(cc(OCC(=O)O)c(Cl)c2Cl)C1C. The molecular formula is C19H20Cl2O5. The van der Waals surface area contributed by atoms with Gasteiger partial charge in [0.05, 0.1) is 5.02 Å². The standard InChI is InChI=1S/C19H20Cl2O5/c1-9(22)5-6-19(11-3-4-11)10(2)12-7-13(26-8-14(23)24)16(20)17(21)15(12)18(19)25/h7,10-11H,3-6,8H2,1-2H3,(H,23,24). The van der Waals surface area contributed by atoms with Crippen molar-refractivity contribution < 1.29 is 24.2 Å². The van der Waals surface area contributed by atoms with E-state index in [0.717, 1.165) is 18.4 Å². The number of carboxylic acids is 1. The van der Waals surface area contributed by atoms with Crippen LogP contribution in [0.4, 0.5) is 0 Å². The highest BCUT2D eigenvalue weighted by molar-refractivity contribution is 6.45. The summed E-state index contributed by atoms with van der Waals surface area (Å²) >= 11 is 12.6. The molecule has 2 aliphatic rings. The quantitative estimate of drug-likeness (QED) is 0.729. The van der Waals surface area contributed by atoms with Gasteiger partial charge in [-0.3, -0.25) is 4.79 Å². The van der Waals surface area contributed by atoms with E-state index in [1.807, 2.05) is 6.92 Å². The van der Waals surface area contributed by atoms with E-state index in [1.165, 1.54) is 6.92 Å². The number of halogens is 2. The number of carbonyl (C=O) groups excluding carboxylic acids is 2. The molecule has 1 fully saturated rings. The number of hydrogen-bond acceptors (Lipinski definition) is 4. The number of ether oxygens (including phenoxy) is 1. The molecule has 0 aliphatic heterocycles. The Hall–Kier alpha value is -1.59. The number of carbonyl (C=O) groups is 3. The van der Waals surface area contributed by atoms with Crippen molar-refractivity contribution in [3.63, 3.8) is 0 Å². The first-order chi connectivity index (χ1) is 12.2. The molecule has 0 spiro atoms. The molecule has 7 heteroatoms. The molecular weight excluding hydrogens is 379 g/mol. The van der Waals surface area contributed by atoms with Crippen molar-refractivity contribution in [3.8, 4) is 5.75 Å². The Morgan fingerprint density at radius 1 is 1.31 bits per heavy atom. The summed E-state index contributed by atoms with van der Waals surface area (Å²) in [6.07, 6.45) is 2.74. The molecule has 1 aromatic rings. The Kier molecular flexibility index (Phi) is 5.06. The van der Waals surface area contributed by atoms with Crippen molar-refractivity contribution in [3.05, 3.63) is 27.2 Å². The van der Waals surface area contributed by atoms with Crippen LogP contribution in [0.5, 0.6) is 5.75 Å². The minimum Gasteiger partial charge on any atom is -0.480 e. The van der Waals surface area contributed by atoms with Crippen molar-refractivity contribution in [1.82, 2.24) is 0 Å². The van der Waals surface area contributed by atoms with Gasteiger partial charge in [0.2, 0.25) is 0 Å². The summed E-state index contributed by atoms with van der Waals surface area (Å²) in [5.41, 5.74) is 0.467. The predicted octanol–water partition coefficient (Wildman–Crippen LogP) is 4.52. The molecule has 1 aromatic carbocycles. The van der Waals surface area contributed by atoms with E-state index in [4.69, 9.17) is 33.0 Å². The highest BCUT2D eigenvalue weighted by Crippen LogP contribution is 2.63. The normalized spacial score (nSPS) is 24.5. The number of aliphatic carboxylic acids is 1. The fourth-order valence-corrected chi connectivity index (χ4v) is 4.69. The molecule has 0 amide bonds. The third-order valence-electron chi connectivity index (χ3n) is 5.64. The molecule has 2 atom stereocenters. The summed E-state index contributed by atoms with van der Waals surface area (Å²) in [5.74, 6) is -0.879. The van der Waals surface area contributed by atoms with E-state index in [1.54, 1.807) is 6.07 Å². The largest absolute Gasteiger partial charge is 0.480 e. The van der Waals surface area contributed by atoms with Crippen LogP contribution in [-0.2, 0) is 9.59 Å². The number of fused-ring (bicyclic) bond motifs is 1. The van der Waals surface area contributed by atoms with Gasteiger partial charge in [0.25, 0.3) is 0 Å². The smallest absolute Gasteiger partial charge is 0.341 e. The third kappa shape index (κ3) is 3.01. The average Bonchev–Trinajstić information content (AvgIpc) is 3.38. The number of carboxylic acid groups (broad SMARTS) is 1. The van der Waals surface area contributed by atoms with Gasteiger partial charge in [-0.2, -0.15) is 0 Å². The number of ketones is 2. The van der Waals surface area contributed by atoms with Crippen LogP contribution in [0.3, 0.4) is 0 Å². The molecule has 0 saturated heterocycles. The van der Waals surface area contributed by atoms with E-state index in [-0.39, 0.29) is 39.2 Å². The molecule has 0 radical (unpaired) electrons. The predicted molar refractivity (Wildman–Crippen MR) is 97.4 cm³/mol. The maximum Gasteiger partial charge on any atom is 0.341 e. The van der Waals surface area contributed by atoms with Gasteiger partial charge in [-0.25, -0.2) is 4.79 Å². The topological polar surface area (TPSA) is 80.7 Å². The van der Waals surface area contributed by atoms with Gasteiger partial charge >= 0.3 is 5.97 Å². The van der Waals surface area contributed by atoms with E-state index >= 15 is 0 Å². The lowest BCUT2D eigenvalue weighted by atomic mass is 9.69. The van der Waals surface area contributed by atoms with Crippen LogP contribution in [0.1, 0.15) is 61.4 Å². The zero-order valence-electron chi connectivity index (χ0n) is 14.6. The van der Waals surface area contributed by atoms with Crippen molar-refractivity contribution >= 4 is 40.7 Å². The van der Waals surface area contributed by atoms with Crippen LogP contribution >= 0.6 is 23.2 Å². The van der Waals surface area contributed by atoms with Crippen LogP contribution in [0.25, 0.3) is 0 Å². The average molecular weight is 399 g/mol. The Morgan fingerprint density at radius 2 is 1.96 bits per heavy atom. The first-order valence-electron chi connectivity index (χ1n) is 8.60. The van der Waals surface area contributed by atoms with Crippen molar-refractivity contribution in [2.45, 2.75) is 45.4 Å². The van der Waals surface area contributed by atoms with Crippen molar-refractivity contribution in [2.24, 2.45) is 11.3 Å². The van der Waals surface area contributed by atoms with Crippen LogP contribution < -0.4 is 4.74 Å². The Bertz CT molecular complexity index is 800. The number of Topliss-reactive ketones (excluding diaryl/α,β-unsaturated/α-hetero) is 2. The fraction of sp³-hybridized carbons (Fsp3) is 0.526. The second-order valence-electron chi connectivity index (χ2n) is 7.22.